The fourth-order valence-corrected chi connectivity index (χ4v) is 0.489. The molecule has 0 bridgehead atoms. The second-order valence-corrected chi connectivity index (χ2v) is 1.55. The minimum absolute atomic E-state index is 0.220. The Balaban J connectivity index is 2.98. The third-order valence-electron chi connectivity index (χ3n) is 0.908. The van der Waals surface area contributed by atoms with Crippen LogP contribution in [0.25, 0.3) is 0 Å². The van der Waals surface area contributed by atoms with Gasteiger partial charge in [0.05, 0.1) is 5.56 Å². The molecule has 3 heteroatoms. The summed E-state index contributed by atoms with van der Waals surface area (Å²) in [6.07, 6.45) is 2.84. The molecule has 0 saturated carbocycles. The van der Waals surface area contributed by atoms with Crippen LogP contribution < -0.4 is 0 Å². The molecule has 0 spiro atoms. The van der Waals surface area contributed by atoms with Gasteiger partial charge in [-0.15, -0.1) is 0 Å². The molecule has 0 radical (unpaired) electrons. The van der Waals surface area contributed by atoms with E-state index in [1.807, 2.05) is 0 Å². The summed E-state index contributed by atoms with van der Waals surface area (Å²) in [4.78, 5) is 13.8. The molecule has 9 heavy (non-hydrogen) atoms. The van der Waals surface area contributed by atoms with Crippen molar-refractivity contribution in [2.45, 2.75) is 0 Å². The first-order chi connectivity index (χ1) is 4.30. The number of aromatic carboxylic acids is 1. The van der Waals surface area contributed by atoms with Crippen LogP contribution in [0.5, 0.6) is 0 Å². The molecule has 1 N–H and O–H groups in total. The van der Waals surface area contributed by atoms with Crippen LogP contribution >= 0.6 is 0 Å². The van der Waals surface area contributed by atoms with E-state index >= 15 is 0 Å². The maximum atomic E-state index is 10.2. The Morgan fingerprint density at radius 2 is 2.56 bits per heavy atom. The summed E-state index contributed by atoms with van der Waals surface area (Å²) in [5.74, 6) is -0.942. The van der Waals surface area contributed by atoms with E-state index in [0.717, 1.165) is 0 Å². The normalized spacial score (nSPS) is 8.89. The van der Waals surface area contributed by atoms with Crippen molar-refractivity contribution in [3.05, 3.63) is 30.1 Å². The third-order valence-corrected chi connectivity index (χ3v) is 0.908. The summed E-state index contributed by atoms with van der Waals surface area (Å²) in [5, 5.41) is 8.34. The fourth-order valence-electron chi connectivity index (χ4n) is 0.489. The Labute approximate surface area is 52.0 Å². The van der Waals surface area contributed by atoms with Gasteiger partial charge in [-0.3, -0.25) is 4.98 Å². The number of carbonyl (C=O) groups is 1. The maximum Gasteiger partial charge on any atom is 0.337 e. The molecule has 0 aliphatic carbocycles. The van der Waals surface area contributed by atoms with Crippen LogP contribution in [0.15, 0.2) is 24.5 Å². The van der Waals surface area contributed by atoms with Gasteiger partial charge in [-0.05, 0) is 12.1 Å². The van der Waals surface area contributed by atoms with Gasteiger partial charge >= 0.3 is 5.97 Å². The molecule has 3 nitrogen and oxygen atoms in total. The Kier molecular flexibility index (Phi) is 1.44. The predicted molar refractivity (Wildman–Crippen MR) is 31.2 cm³/mol. The lowest BCUT2D eigenvalue weighted by atomic mass is 10.5. The van der Waals surface area contributed by atoms with Gasteiger partial charge in [0.15, 0.2) is 0 Å². The van der Waals surface area contributed by atoms with Gasteiger partial charge in [0.2, 0.25) is 0 Å². The molecule has 0 fully saturated rings. The summed E-state index contributed by atoms with van der Waals surface area (Å²) in [6, 6.07) is 3.08. The molecule has 46 valence electrons. The van der Waals surface area contributed by atoms with Crippen molar-refractivity contribution in [3.8, 4) is 0 Å². The van der Waals surface area contributed by atoms with Gasteiger partial charge in [-0.2, -0.15) is 0 Å². The minimum atomic E-state index is -0.942. The molecule has 1 aromatic rings. The zero-order valence-electron chi connectivity index (χ0n) is 4.61. The molecule has 0 aromatic carbocycles. The zero-order valence-corrected chi connectivity index (χ0v) is 4.61. The highest BCUT2D eigenvalue weighted by Gasteiger charge is 1.97. The average Bonchev–Trinajstić information content (AvgIpc) is 1.90. The van der Waals surface area contributed by atoms with E-state index in [0.29, 0.717) is 0 Å². The summed E-state index contributed by atoms with van der Waals surface area (Å²) in [5.41, 5.74) is 0.220. The number of aromatic nitrogens is 1. The molecule has 1 heterocycles. The molecule has 0 unspecified atom stereocenters. The monoisotopic (exact) mass is 127 g/mol. The van der Waals surface area contributed by atoms with Crippen LogP contribution in [0, 0.1) is 0 Å². The highest BCUT2D eigenvalue weighted by Crippen LogP contribution is 1.92. The van der Waals surface area contributed by atoms with Crippen molar-refractivity contribution in [2.75, 3.05) is 0 Å². The summed E-state index contributed by atoms with van der Waals surface area (Å²) in [6.45, 7) is 0. The lowest BCUT2D eigenvalue weighted by Gasteiger charge is -1.87. The van der Waals surface area contributed by atoms with Gasteiger partial charge in [0.1, 0.15) is 0 Å². The molecule has 0 aliphatic rings. The minimum Gasteiger partial charge on any atom is -0.478 e. The lowest BCUT2D eigenvalue weighted by molar-refractivity contribution is 0.0696. The molecule has 0 atom stereocenters. The van der Waals surface area contributed by atoms with Crippen molar-refractivity contribution in [2.24, 2.45) is 0 Å². The maximum absolute atomic E-state index is 10.2. The van der Waals surface area contributed by atoms with E-state index < -0.39 is 5.97 Å². The van der Waals surface area contributed by atoms with Crippen molar-refractivity contribution in [1.29, 1.82) is 0 Å². The Hall–Kier alpha value is -1.38. The van der Waals surface area contributed by atoms with Crippen LogP contribution in [0.4, 0.5) is 0 Å². The van der Waals surface area contributed by atoms with Gasteiger partial charge in [-0.25, -0.2) is 4.79 Å². The predicted octanol–water partition coefficient (Wildman–Crippen LogP) is 0.780. The summed E-state index contributed by atoms with van der Waals surface area (Å²) in [7, 11) is 0. The largest absolute Gasteiger partial charge is 0.478 e. The fraction of sp³-hybridized carbons (Fsp3) is 0. The van der Waals surface area contributed by atoms with Crippen molar-refractivity contribution in [1.82, 2.24) is 4.98 Å². The van der Waals surface area contributed by atoms with Crippen molar-refractivity contribution in [3.63, 3.8) is 0 Å². The molecule has 1 aromatic heterocycles. The SMILES string of the molecule is O=[14C](O)c1cccn[14cH]1. The van der Waals surface area contributed by atoms with E-state index in [4.69, 9.17) is 5.11 Å². The highest BCUT2D eigenvalue weighted by atomic mass is 16.6. The number of nitrogens with zero attached hydrogens (tertiary/aromatic N) is 1. The Morgan fingerprint density at radius 1 is 1.78 bits per heavy atom. The van der Waals surface area contributed by atoms with E-state index in [1.54, 1.807) is 6.07 Å². The topological polar surface area (TPSA) is 50.2 Å². The second-order valence-electron chi connectivity index (χ2n) is 1.55. The van der Waals surface area contributed by atoms with Crippen LogP contribution in [-0.4, -0.2) is 16.1 Å². The molecular formula is C6H5NO2. The standard InChI is InChI=1S/C6H5NO2/c8-6(9)5-2-1-3-7-4-5/h1-4H,(H,8,9)/i4+2,6+2. The number of rotatable bonds is 1. The number of hydrogen-bond acceptors (Lipinski definition) is 2. The Morgan fingerprint density at radius 3 is 2.89 bits per heavy atom. The third kappa shape index (κ3) is 1.25. The van der Waals surface area contributed by atoms with Crippen LogP contribution in [0.3, 0.4) is 0 Å². The highest BCUT2D eigenvalue weighted by molar-refractivity contribution is 5.86. The lowest BCUT2D eigenvalue weighted by Crippen LogP contribution is -1.94. The summed E-state index contributed by atoms with van der Waals surface area (Å²) >= 11 is 0. The van der Waals surface area contributed by atoms with E-state index in [-0.39, 0.29) is 5.56 Å². The second kappa shape index (κ2) is 2.26. The first-order valence-electron chi connectivity index (χ1n) is 2.44. The smallest absolute Gasteiger partial charge is 0.337 e. The van der Waals surface area contributed by atoms with Crippen LogP contribution in [0.2, 0.25) is 0 Å². The van der Waals surface area contributed by atoms with E-state index in [1.165, 1.54) is 18.5 Å². The van der Waals surface area contributed by atoms with Gasteiger partial charge in [0.25, 0.3) is 0 Å². The average molecular weight is 127 g/mol. The quantitative estimate of drug-likeness (QED) is 0.606. The first-order valence-corrected chi connectivity index (χ1v) is 2.44. The van der Waals surface area contributed by atoms with E-state index in [9.17, 15) is 4.79 Å². The van der Waals surface area contributed by atoms with Gasteiger partial charge in [0, 0.05) is 12.4 Å². The molecular weight excluding hydrogens is 122 g/mol. The van der Waals surface area contributed by atoms with Gasteiger partial charge < -0.3 is 5.11 Å². The number of hydrogen-bond donors (Lipinski definition) is 1. The Bertz CT molecular complexity index is 208. The first kappa shape index (κ1) is 5.75. The molecule has 0 aliphatic heterocycles. The van der Waals surface area contributed by atoms with Crippen LogP contribution in [-0.2, 0) is 0 Å². The molecule has 0 saturated heterocycles. The number of carboxylic acid groups (broad SMARTS) is 1. The van der Waals surface area contributed by atoms with Crippen LogP contribution in [0.1, 0.15) is 10.4 Å². The van der Waals surface area contributed by atoms with Crippen molar-refractivity contribution < 1.29 is 9.90 Å². The van der Waals surface area contributed by atoms with Gasteiger partial charge in [-0.1, -0.05) is 0 Å². The van der Waals surface area contributed by atoms with E-state index in [2.05, 4.69) is 4.98 Å². The zero-order chi connectivity index (χ0) is 6.69. The molecule has 1 rings (SSSR count). The summed E-state index contributed by atoms with van der Waals surface area (Å²) < 4.78 is 0. The number of carboxylic acids is 1. The molecule has 0 amide bonds. The number of pyridine rings is 1. The van der Waals surface area contributed by atoms with Crippen molar-refractivity contribution >= 4 is 5.97 Å².